The van der Waals surface area contributed by atoms with Crippen LogP contribution in [0.3, 0.4) is 0 Å². The van der Waals surface area contributed by atoms with Gasteiger partial charge >= 0.3 is 5.97 Å². The number of anilines is 1. The molecule has 1 amide bonds. The van der Waals surface area contributed by atoms with Gasteiger partial charge in [0.05, 0.1) is 18.4 Å². The Morgan fingerprint density at radius 1 is 1.50 bits per heavy atom. The third kappa shape index (κ3) is 3.17. The molecule has 2 heterocycles. The molecule has 0 spiro atoms. The molecule has 1 N–H and O–H groups in total. The van der Waals surface area contributed by atoms with Gasteiger partial charge in [0.1, 0.15) is 10.0 Å². The zero-order valence-corrected chi connectivity index (χ0v) is 13.3. The fourth-order valence-corrected chi connectivity index (χ4v) is 2.72. The van der Waals surface area contributed by atoms with Crippen LogP contribution in [0.4, 0.5) is 5.69 Å². The minimum Gasteiger partial charge on any atom is -0.465 e. The number of carbonyl (C=O) groups is 2. The summed E-state index contributed by atoms with van der Waals surface area (Å²) in [6, 6.07) is 3.17. The van der Waals surface area contributed by atoms with Crippen molar-refractivity contribution in [3.63, 3.8) is 0 Å². The summed E-state index contributed by atoms with van der Waals surface area (Å²) >= 11 is 10.3. The van der Waals surface area contributed by atoms with Crippen molar-refractivity contribution >= 4 is 56.4 Å². The highest BCUT2D eigenvalue weighted by Gasteiger charge is 2.18. The molecule has 0 aliphatic heterocycles. The summed E-state index contributed by atoms with van der Waals surface area (Å²) in [6.45, 7) is 0. The highest BCUT2D eigenvalue weighted by atomic mass is 79.9. The number of pyridine rings is 1. The van der Waals surface area contributed by atoms with Gasteiger partial charge in [0, 0.05) is 10.7 Å². The first kappa shape index (κ1) is 15.0. The number of aromatic nitrogens is 1. The van der Waals surface area contributed by atoms with Crippen LogP contribution in [0.1, 0.15) is 20.0 Å². The molecular weight excluding hydrogens is 368 g/mol. The molecule has 0 aliphatic carbocycles. The Balaban J connectivity index is 2.26. The van der Waals surface area contributed by atoms with Gasteiger partial charge in [-0.2, -0.15) is 0 Å². The van der Waals surface area contributed by atoms with Gasteiger partial charge in [0.25, 0.3) is 5.91 Å². The maximum atomic E-state index is 12.1. The molecule has 0 saturated heterocycles. The number of methoxy groups -OCH3 is 1. The van der Waals surface area contributed by atoms with Crippen molar-refractivity contribution in [2.75, 3.05) is 12.4 Å². The fraction of sp³-hybridized carbons (Fsp3) is 0.0833. The molecule has 0 fully saturated rings. The number of hydrogen-bond donors (Lipinski definition) is 1. The monoisotopic (exact) mass is 374 g/mol. The maximum absolute atomic E-state index is 12.1. The number of amides is 1. The standard InChI is InChI=1S/C12H8BrClN2O3S/c1-19-12(18)9-8(2-3-20-9)16-11(17)7-4-6(13)5-15-10(7)14/h2-5H,1H3,(H,16,17). The van der Waals surface area contributed by atoms with Crippen LogP contribution in [-0.4, -0.2) is 24.0 Å². The number of carbonyl (C=O) groups excluding carboxylic acids is 2. The zero-order chi connectivity index (χ0) is 14.7. The van der Waals surface area contributed by atoms with E-state index in [1.54, 1.807) is 17.5 Å². The second-order valence-corrected chi connectivity index (χ2v) is 5.79. The molecule has 2 aromatic rings. The Kier molecular flexibility index (Phi) is 4.74. The van der Waals surface area contributed by atoms with Crippen LogP contribution in [0.25, 0.3) is 0 Å². The Morgan fingerprint density at radius 3 is 2.95 bits per heavy atom. The fourth-order valence-electron chi connectivity index (χ4n) is 1.43. The second kappa shape index (κ2) is 6.34. The first-order valence-electron chi connectivity index (χ1n) is 5.31. The summed E-state index contributed by atoms with van der Waals surface area (Å²) in [5, 5.41) is 4.38. The second-order valence-electron chi connectivity index (χ2n) is 3.60. The molecular formula is C12H8BrClN2O3S. The molecule has 20 heavy (non-hydrogen) atoms. The summed E-state index contributed by atoms with van der Waals surface area (Å²) in [4.78, 5) is 27.9. The first-order valence-corrected chi connectivity index (χ1v) is 7.36. The lowest BCUT2D eigenvalue weighted by atomic mass is 10.2. The van der Waals surface area contributed by atoms with Crippen molar-refractivity contribution in [2.24, 2.45) is 0 Å². The van der Waals surface area contributed by atoms with Crippen molar-refractivity contribution in [2.45, 2.75) is 0 Å². The molecule has 0 radical (unpaired) electrons. The van der Waals surface area contributed by atoms with E-state index in [1.807, 2.05) is 0 Å². The van der Waals surface area contributed by atoms with Gasteiger partial charge in [-0.05, 0) is 33.4 Å². The van der Waals surface area contributed by atoms with Crippen molar-refractivity contribution in [3.05, 3.63) is 43.8 Å². The van der Waals surface area contributed by atoms with Crippen molar-refractivity contribution in [1.82, 2.24) is 4.98 Å². The van der Waals surface area contributed by atoms with E-state index in [9.17, 15) is 9.59 Å². The van der Waals surface area contributed by atoms with E-state index in [2.05, 4.69) is 31.0 Å². The smallest absolute Gasteiger partial charge is 0.350 e. The number of rotatable bonds is 3. The van der Waals surface area contributed by atoms with Crippen LogP contribution >= 0.6 is 38.9 Å². The third-order valence-electron chi connectivity index (χ3n) is 2.33. The molecule has 0 aliphatic rings. The van der Waals surface area contributed by atoms with Crippen molar-refractivity contribution in [1.29, 1.82) is 0 Å². The molecule has 2 aromatic heterocycles. The van der Waals surface area contributed by atoms with Crippen LogP contribution in [0.5, 0.6) is 0 Å². The Hall–Kier alpha value is -1.44. The summed E-state index contributed by atoms with van der Waals surface area (Å²) in [5.41, 5.74) is 0.589. The van der Waals surface area contributed by atoms with E-state index in [1.165, 1.54) is 24.6 Å². The lowest BCUT2D eigenvalue weighted by Crippen LogP contribution is -2.14. The highest BCUT2D eigenvalue weighted by Crippen LogP contribution is 2.25. The average molecular weight is 376 g/mol. The van der Waals surface area contributed by atoms with Crippen LogP contribution < -0.4 is 5.32 Å². The molecule has 2 rings (SSSR count). The van der Waals surface area contributed by atoms with E-state index in [-0.39, 0.29) is 10.7 Å². The Bertz CT molecular complexity index is 674. The summed E-state index contributed by atoms with van der Waals surface area (Å²) in [7, 11) is 1.28. The minimum absolute atomic E-state index is 0.0838. The SMILES string of the molecule is COC(=O)c1sccc1NC(=O)c1cc(Br)cnc1Cl. The summed E-state index contributed by atoms with van der Waals surface area (Å²) in [5.74, 6) is -0.957. The Morgan fingerprint density at radius 2 is 2.25 bits per heavy atom. The van der Waals surface area contributed by atoms with Gasteiger partial charge in [-0.15, -0.1) is 11.3 Å². The van der Waals surface area contributed by atoms with Gasteiger partial charge in [-0.1, -0.05) is 11.6 Å². The number of nitrogens with zero attached hydrogens (tertiary/aromatic N) is 1. The average Bonchev–Trinajstić information content (AvgIpc) is 2.88. The molecule has 0 saturated carbocycles. The van der Waals surface area contributed by atoms with E-state index in [0.717, 1.165) is 0 Å². The van der Waals surface area contributed by atoms with E-state index in [0.29, 0.717) is 15.0 Å². The van der Waals surface area contributed by atoms with Crippen LogP contribution in [0.2, 0.25) is 5.15 Å². The molecule has 104 valence electrons. The summed E-state index contributed by atoms with van der Waals surface area (Å²) in [6.07, 6.45) is 1.49. The van der Waals surface area contributed by atoms with E-state index in [4.69, 9.17) is 11.6 Å². The van der Waals surface area contributed by atoms with E-state index >= 15 is 0 Å². The largest absolute Gasteiger partial charge is 0.465 e. The molecule has 0 atom stereocenters. The van der Waals surface area contributed by atoms with E-state index < -0.39 is 11.9 Å². The number of thiophene rings is 1. The normalized spacial score (nSPS) is 10.2. The number of hydrogen-bond acceptors (Lipinski definition) is 5. The molecule has 0 unspecified atom stereocenters. The molecule has 5 nitrogen and oxygen atoms in total. The third-order valence-corrected chi connectivity index (χ3v) is 3.96. The van der Waals surface area contributed by atoms with Gasteiger partial charge < -0.3 is 10.1 Å². The topological polar surface area (TPSA) is 68.3 Å². The number of esters is 1. The van der Waals surface area contributed by atoms with Gasteiger partial charge in [0.2, 0.25) is 0 Å². The van der Waals surface area contributed by atoms with Gasteiger partial charge in [-0.25, -0.2) is 9.78 Å². The number of nitrogens with one attached hydrogen (secondary N) is 1. The predicted octanol–water partition coefficient (Wildman–Crippen LogP) is 3.60. The number of ether oxygens (including phenoxy) is 1. The Labute approximate surface area is 132 Å². The van der Waals surface area contributed by atoms with Crippen molar-refractivity contribution < 1.29 is 14.3 Å². The number of halogens is 2. The van der Waals surface area contributed by atoms with Crippen LogP contribution in [0.15, 0.2) is 28.2 Å². The van der Waals surface area contributed by atoms with Gasteiger partial charge in [0.15, 0.2) is 0 Å². The maximum Gasteiger partial charge on any atom is 0.350 e. The zero-order valence-electron chi connectivity index (χ0n) is 10.1. The van der Waals surface area contributed by atoms with Crippen molar-refractivity contribution in [3.8, 4) is 0 Å². The molecule has 0 bridgehead atoms. The molecule has 8 heteroatoms. The lowest BCUT2D eigenvalue weighted by molar-refractivity contribution is 0.0607. The predicted molar refractivity (Wildman–Crippen MR) is 80.6 cm³/mol. The minimum atomic E-state index is -0.506. The first-order chi connectivity index (χ1) is 9.52. The molecule has 0 aromatic carbocycles. The van der Waals surface area contributed by atoms with Crippen LogP contribution in [-0.2, 0) is 4.74 Å². The van der Waals surface area contributed by atoms with Crippen LogP contribution in [0, 0.1) is 0 Å². The quantitative estimate of drug-likeness (QED) is 0.657. The highest BCUT2D eigenvalue weighted by molar-refractivity contribution is 9.10. The van der Waals surface area contributed by atoms with Gasteiger partial charge in [-0.3, -0.25) is 4.79 Å². The lowest BCUT2D eigenvalue weighted by Gasteiger charge is -2.07. The summed E-state index contributed by atoms with van der Waals surface area (Å²) < 4.78 is 5.27.